The molecule has 88 valence electrons. The highest BCUT2D eigenvalue weighted by Gasteiger charge is 2.65. The zero-order valence-corrected chi connectivity index (χ0v) is 9.26. The number of aromatic hydroxyl groups is 1. The summed E-state index contributed by atoms with van der Waals surface area (Å²) in [7, 11) is -9.74. The molecule has 15 heavy (non-hydrogen) atoms. The summed E-state index contributed by atoms with van der Waals surface area (Å²) in [5, 5.41) is 8.99. The Hall–Kier alpha value is -0.700. The van der Waals surface area contributed by atoms with Crippen LogP contribution >= 0.6 is 26.2 Å². The summed E-state index contributed by atoms with van der Waals surface area (Å²) in [6.07, 6.45) is 0. The Bertz CT molecular complexity index is 407. The molecule has 0 aliphatic rings. The molecule has 0 fully saturated rings. The number of phenolic OH excluding ortho intramolecular Hbond substituents is 1. The van der Waals surface area contributed by atoms with Gasteiger partial charge in [0.2, 0.25) is 0 Å². The number of anilines is 1. The highest BCUT2D eigenvalue weighted by molar-refractivity contribution is 9.10. The van der Waals surface area contributed by atoms with Crippen LogP contribution in [0.2, 0.25) is 0 Å². The minimum atomic E-state index is -9.74. The molecule has 0 saturated carbocycles. The first-order chi connectivity index (χ1) is 6.31. The van der Waals surface area contributed by atoms with E-state index in [1.807, 2.05) is 0 Å². The fraction of sp³-hybridized carbons (Fsp3) is 0. The van der Waals surface area contributed by atoms with Crippen molar-refractivity contribution in [3.8, 4) is 5.75 Å². The molecule has 0 bridgehead atoms. The van der Waals surface area contributed by atoms with Gasteiger partial charge in [0, 0.05) is 0 Å². The molecule has 0 spiro atoms. The van der Waals surface area contributed by atoms with Crippen molar-refractivity contribution >= 4 is 31.8 Å². The van der Waals surface area contributed by atoms with Gasteiger partial charge in [-0.15, -0.1) is 0 Å². The van der Waals surface area contributed by atoms with Crippen LogP contribution in [0.25, 0.3) is 0 Å². The molecule has 0 aliphatic heterocycles. The first kappa shape index (κ1) is 12.4. The van der Waals surface area contributed by atoms with Crippen molar-refractivity contribution in [2.45, 2.75) is 4.90 Å². The normalized spacial score (nSPS) is 16.9. The molecule has 1 rings (SSSR count). The summed E-state index contributed by atoms with van der Waals surface area (Å²) in [6.45, 7) is 0. The third-order valence-electron chi connectivity index (χ3n) is 1.51. The van der Waals surface area contributed by atoms with Crippen LogP contribution in [0, 0.1) is 0 Å². The maximum atomic E-state index is 12.3. The van der Waals surface area contributed by atoms with Crippen LogP contribution in [0.3, 0.4) is 0 Å². The average Bonchev–Trinajstić information content (AvgIpc) is 1.94. The van der Waals surface area contributed by atoms with Crippen molar-refractivity contribution in [1.29, 1.82) is 0 Å². The predicted octanol–water partition coefficient (Wildman–Crippen LogP) is 4.39. The van der Waals surface area contributed by atoms with Crippen molar-refractivity contribution in [3.63, 3.8) is 0 Å². The van der Waals surface area contributed by atoms with E-state index in [1.54, 1.807) is 0 Å². The van der Waals surface area contributed by atoms with E-state index in [4.69, 9.17) is 10.8 Å². The number of halogens is 6. The second-order valence-corrected chi connectivity index (χ2v) is 6.08. The van der Waals surface area contributed by atoms with Crippen molar-refractivity contribution < 1.29 is 24.5 Å². The molecular weight excluding hydrogens is 309 g/mol. The van der Waals surface area contributed by atoms with E-state index in [1.165, 1.54) is 0 Å². The molecule has 0 heterocycles. The third kappa shape index (κ3) is 2.65. The highest BCUT2D eigenvalue weighted by Crippen LogP contribution is 3.02. The summed E-state index contributed by atoms with van der Waals surface area (Å²) >= 11 is 2.49. The van der Waals surface area contributed by atoms with E-state index in [2.05, 4.69) is 15.9 Å². The van der Waals surface area contributed by atoms with Gasteiger partial charge in [0.15, 0.2) is 5.75 Å². The van der Waals surface area contributed by atoms with Gasteiger partial charge in [-0.05, 0) is 28.1 Å². The molecule has 0 atom stereocenters. The number of nitrogens with two attached hydrogens (primary N) is 1. The Balaban J connectivity index is 3.58. The number of hydrogen-bond acceptors (Lipinski definition) is 2. The van der Waals surface area contributed by atoms with Crippen LogP contribution in [-0.2, 0) is 0 Å². The highest BCUT2D eigenvalue weighted by atomic mass is 79.9. The standard InChI is InChI=1S/C6H5BrF5NOS/c7-4-1-3(2-5(13)6(4)14)15(8,9,10,11)12/h1-2,14H,13H2. The minimum Gasteiger partial charge on any atom is -0.505 e. The second kappa shape index (κ2) is 2.51. The predicted molar refractivity (Wildman–Crippen MR) is 51.6 cm³/mol. The van der Waals surface area contributed by atoms with Crippen molar-refractivity contribution in [1.82, 2.24) is 0 Å². The summed E-state index contributed by atoms with van der Waals surface area (Å²) in [6, 6.07) is 0.0922. The third-order valence-corrected chi connectivity index (χ3v) is 3.24. The quantitative estimate of drug-likeness (QED) is 0.459. The fourth-order valence-electron chi connectivity index (χ4n) is 0.817. The molecule has 0 radical (unpaired) electrons. The number of rotatable bonds is 1. The fourth-order valence-corrected chi connectivity index (χ4v) is 2.13. The van der Waals surface area contributed by atoms with Crippen LogP contribution in [0.15, 0.2) is 21.5 Å². The van der Waals surface area contributed by atoms with Gasteiger partial charge in [-0.25, -0.2) is 0 Å². The summed E-state index contributed by atoms with van der Waals surface area (Å²) in [4.78, 5) is -2.14. The van der Waals surface area contributed by atoms with Gasteiger partial charge in [-0.1, -0.05) is 19.4 Å². The van der Waals surface area contributed by atoms with Gasteiger partial charge in [0.05, 0.1) is 10.2 Å². The van der Waals surface area contributed by atoms with Gasteiger partial charge in [-0.2, -0.15) is 0 Å². The Kier molecular flexibility index (Phi) is 2.07. The number of hydrogen-bond donors (Lipinski definition) is 2. The monoisotopic (exact) mass is 313 g/mol. The van der Waals surface area contributed by atoms with E-state index in [9.17, 15) is 19.4 Å². The molecular formula is C6H5BrF5NOS. The largest absolute Gasteiger partial charge is 0.505 e. The summed E-state index contributed by atoms with van der Waals surface area (Å²) < 4.78 is 60.9. The maximum absolute atomic E-state index is 12.3. The Morgan fingerprint density at radius 3 is 1.93 bits per heavy atom. The Morgan fingerprint density at radius 2 is 1.60 bits per heavy atom. The van der Waals surface area contributed by atoms with Crippen molar-refractivity contribution in [2.24, 2.45) is 0 Å². The zero-order chi connectivity index (χ0) is 12.1. The summed E-state index contributed by atoms with van der Waals surface area (Å²) in [5.74, 6) is -0.708. The van der Waals surface area contributed by atoms with Gasteiger partial charge < -0.3 is 10.8 Å². The first-order valence-corrected chi connectivity index (χ1v) is 6.08. The number of nitrogen functional groups attached to an aromatic ring is 1. The SMILES string of the molecule is Nc1cc(S(F)(F)(F)(F)F)cc(Br)c1O. The second-order valence-electron chi connectivity index (χ2n) is 2.81. The molecule has 0 aromatic heterocycles. The molecule has 3 N–H and O–H groups in total. The molecule has 1 aromatic carbocycles. The molecule has 0 saturated heterocycles. The first-order valence-electron chi connectivity index (χ1n) is 3.33. The number of benzene rings is 1. The van der Waals surface area contributed by atoms with Gasteiger partial charge >= 0.3 is 10.2 Å². The van der Waals surface area contributed by atoms with Crippen LogP contribution in [-0.4, -0.2) is 5.11 Å². The molecule has 0 amide bonds. The van der Waals surface area contributed by atoms with Gasteiger partial charge in [-0.3, -0.25) is 0 Å². The van der Waals surface area contributed by atoms with E-state index in [-0.39, 0.29) is 12.1 Å². The average molecular weight is 314 g/mol. The van der Waals surface area contributed by atoms with Crippen LogP contribution in [0.5, 0.6) is 5.75 Å². The lowest BCUT2D eigenvalue weighted by atomic mass is 10.3. The van der Waals surface area contributed by atoms with Crippen LogP contribution < -0.4 is 5.73 Å². The molecule has 9 heteroatoms. The van der Waals surface area contributed by atoms with Crippen molar-refractivity contribution in [2.75, 3.05) is 5.73 Å². The smallest absolute Gasteiger partial charge is 0.310 e. The van der Waals surface area contributed by atoms with Crippen molar-refractivity contribution in [3.05, 3.63) is 16.6 Å². The number of phenols is 1. The maximum Gasteiger partial charge on any atom is 0.310 e. The van der Waals surface area contributed by atoms with E-state index >= 15 is 0 Å². The lowest BCUT2D eigenvalue weighted by Crippen LogP contribution is -2.06. The van der Waals surface area contributed by atoms with Crippen LogP contribution in [0.4, 0.5) is 25.1 Å². The molecule has 2 nitrogen and oxygen atoms in total. The van der Waals surface area contributed by atoms with E-state index in [0.29, 0.717) is 0 Å². The lowest BCUT2D eigenvalue weighted by Gasteiger charge is -2.40. The Morgan fingerprint density at radius 1 is 1.13 bits per heavy atom. The molecule has 0 aliphatic carbocycles. The molecule has 1 aromatic rings. The zero-order valence-electron chi connectivity index (χ0n) is 6.86. The summed E-state index contributed by atoms with van der Waals surface area (Å²) in [5.41, 5.74) is 4.17. The minimum absolute atomic E-state index is 0.00164. The topological polar surface area (TPSA) is 46.2 Å². The van der Waals surface area contributed by atoms with E-state index < -0.39 is 31.0 Å². The van der Waals surface area contributed by atoms with Crippen LogP contribution in [0.1, 0.15) is 0 Å². The van der Waals surface area contributed by atoms with Gasteiger partial charge in [0.1, 0.15) is 4.90 Å². The van der Waals surface area contributed by atoms with Gasteiger partial charge in [0.25, 0.3) is 0 Å². The van der Waals surface area contributed by atoms with E-state index in [0.717, 1.165) is 0 Å². The lowest BCUT2D eigenvalue weighted by molar-refractivity contribution is 0.363. The Labute approximate surface area is 89.7 Å². The molecule has 0 unspecified atom stereocenters.